The number of hydrogen-bond donors (Lipinski definition) is 1. The molecule has 1 aromatic rings. The van der Waals surface area contributed by atoms with Crippen LogP contribution in [0, 0.1) is 6.92 Å². The topological polar surface area (TPSA) is 49.7 Å². The molecule has 0 aliphatic heterocycles. The van der Waals surface area contributed by atoms with Gasteiger partial charge < -0.3 is 5.11 Å². The Kier molecular flexibility index (Phi) is 2.80. The Morgan fingerprint density at radius 3 is 2.77 bits per heavy atom. The van der Waals surface area contributed by atoms with Crippen molar-refractivity contribution in [1.29, 1.82) is 0 Å². The van der Waals surface area contributed by atoms with Crippen molar-refractivity contribution >= 4 is 17.9 Å². The molecule has 0 bridgehead atoms. The zero-order valence-electron chi connectivity index (χ0n) is 7.61. The highest BCUT2D eigenvalue weighted by atomic mass is 16.4. The van der Waals surface area contributed by atoms with Gasteiger partial charge >= 0.3 is 5.97 Å². The number of carbonyl (C=O) groups is 1. The van der Waals surface area contributed by atoms with Crippen LogP contribution in [0.25, 0.3) is 0 Å². The Hall–Kier alpha value is -1.64. The van der Waals surface area contributed by atoms with Crippen molar-refractivity contribution in [2.24, 2.45) is 4.99 Å². The molecule has 0 heterocycles. The molecule has 0 amide bonds. The van der Waals surface area contributed by atoms with Gasteiger partial charge in [0.25, 0.3) is 0 Å². The van der Waals surface area contributed by atoms with Crippen molar-refractivity contribution in [2.45, 2.75) is 13.8 Å². The van der Waals surface area contributed by atoms with Gasteiger partial charge in [-0.1, -0.05) is 6.07 Å². The summed E-state index contributed by atoms with van der Waals surface area (Å²) in [5.74, 6) is -0.924. The van der Waals surface area contributed by atoms with E-state index in [4.69, 9.17) is 5.11 Å². The second-order valence-corrected chi connectivity index (χ2v) is 2.69. The van der Waals surface area contributed by atoms with Gasteiger partial charge in [-0.25, -0.2) is 4.79 Å². The maximum atomic E-state index is 10.6. The molecule has 13 heavy (non-hydrogen) atoms. The second-order valence-electron chi connectivity index (χ2n) is 2.69. The largest absolute Gasteiger partial charge is 0.478 e. The number of hydrogen-bond acceptors (Lipinski definition) is 2. The first-order valence-electron chi connectivity index (χ1n) is 3.97. The second kappa shape index (κ2) is 3.85. The predicted molar refractivity (Wildman–Crippen MR) is 52.0 cm³/mol. The van der Waals surface area contributed by atoms with Crippen molar-refractivity contribution in [2.75, 3.05) is 0 Å². The third kappa shape index (κ3) is 2.15. The third-order valence-electron chi connectivity index (χ3n) is 1.72. The molecule has 3 heteroatoms. The van der Waals surface area contributed by atoms with Gasteiger partial charge in [0.05, 0.1) is 11.3 Å². The molecule has 0 aliphatic carbocycles. The van der Waals surface area contributed by atoms with E-state index < -0.39 is 5.97 Å². The first-order valence-corrected chi connectivity index (χ1v) is 3.97. The number of nitrogens with zero attached hydrogens (tertiary/aromatic N) is 1. The molecule has 3 nitrogen and oxygen atoms in total. The van der Waals surface area contributed by atoms with Crippen molar-refractivity contribution in [3.05, 3.63) is 29.3 Å². The van der Waals surface area contributed by atoms with Gasteiger partial charge in [0.1, 0.15) is 0 Å². The Balaban J connectivity index is 3.18. The molecule has 0 saturated heterocycles. The van der Waals surface area contributed by atoms with Gasteiger partial charge in [0.2, 0.25) is 0 Å². The predicted octanol–water partition coefficient (Wildman–Crippen LogP) is 2.42. The highest BCUT2D eigenvalue weighted by Crippen LogP contribution is 2.19. The van der Waals surface area contributed by atoms with E-state index in [1.54, 1.807) is 31.3 Å². The molecule has 0 fully saturated rings. The molecule has 1 N–H and O–H groups in total. The van der Waals surface area contributed by atoms with Crippen LogP contribution in [0.3, 0.4) is 0 Å². The Bertz CT molecular complexity index is 356. The first-order chi connectivity index (χ1) is 6.15. The zero-order chi connectivity index (χ0) is 9.84. The molecular formula is C10H11NO2. The summed E-state index contributed by atoms with van der Waals surface area (Å²) >= 11 is 0. The summed E-state index contributed by atoms with van der Waals surface area (Å²) in [6.45, 7) is 3.70. The fraction of sp³-hybridized carbons (Fsp3) is 0.200. The highest BCUT2D eigenvalue weighted by molar-refractivity contribution is 5.89. The normalized spacial score (nSPS) is 10.6. The minimum absolute atomic E-state index is 0.270. The third-order valence-corrected chi connectivity index (χ3v) is 1.72. The van der Waals surface area contributed by atoms with E-state index in [-0.39, 0.29) is 5.56 Å². The van der Waals surface area contributed by atoms with Gasteiger partial charge in [-0.2, -0.15) is 0 Å². The summed E-state index contributed by atoms with van der Waals surface area (Å²) in [6.07, 6.45) is 1.65. The van der Waals surface area contributed by atoms with Gasteiger partial charge in [-0.05, 0) is 31.5 Å². The summed E-state index contributed by atoms with van der Waals surface area (Å²) in [5, 5.41) is 8.72. The average molecular weight is 177 g/mol. The number of rotatable bonds is 2. The maximum absolute atomic E-state index is 10.6. The number of aliphatic imine (C=N–C) groups is 1. The maximum Gasteiger partial charge on any atom is 0.335 e. The quantitative estimate of drug-likeness (QED) is 0.705. The molecule has 0 saturated carbocycles. The van der Waals surface area contributed by atoms with Crippen molar-refractivity contribution < 1.29 is 9.90 Å². The summed E-state index contributed by atoms with van der Waals surface area (Å²) in [5.41, 5.74) is 1.96. The Morgan fingerprint density at radius 1 is 1.54 bits per heavy atom. The van der Waals surface area contributed by atoms with Gasteiger partial charge in [0, 0.05) is 6.21 Å². The monoisotopic (exact) mass is 177 g/mol. The lowest BCUT2D eigenvalue weighted by Crippen LogP contribution is -1.95. The van der Waals surface area contributed by atoms with E-state index in [2.05, 4.69) is 4.99 Å². The molecule has 0 unspecified atom stereocenters. The molecule has 1 aromatic carbocycles. The standard InChI is InChI=1S/C10H11NO2/c1-3-11-9-6-8(10(12)13)5-4-7(9)2/h3-6H,1-2H3,(H,12,13). The van der Waals surface area contributed by atoms with Crippen LogP contribution in [0.5, 0.6) is 0 Å². The van der Waals surface area contributed by atoms with Gasteiger partial charge in [-0.15, -0.1) is 0 Å². The van der Waals surface area contributed by atoms with Crippen LogP contribution in [0.15, 0.2) is 23.2 Å². The number of aromatic carboxylic acids is 1. The molecule has 1 rings (SSSR count). The smallest absolute Gasteiger partial charge is 0.335 e. The molecular weight excluding hydrogens is 166 g/mol. The van der Waals surface area contributed by atoms with Crippen LogP contribution in [-0.2, 0) is 0 Å². The Morgan fingerprint density at radius 2 is 2.23 bits per heavy atom. The van der Waals surface area contributed by atoms with Crippen LogP contribution in [0.1, 0.15) is 22.8 Å². The van der Waals surface area contributed by atoms with E-state index in [1.807, 2.05) is 6.92 Å². The fourth-order valence-corrected chi connectivity index (χ4v) is 1.02. The fourth-order valence-electron chi connectivity index (χ4n) is 1.02. The molecule has 0 atom stereocenters. The minimum atomic E-state index is -0.924. The lowest BCUT2D eigenvalue weighted by molar-refractivity contribution is 0.0697. The SMILES string of the molecule is CC=Nc1cc(C(=O)O)ccc1C. The average Bonchev–Trinajstić information content (AvgIpc) is 2.08. The summed E-state index contributed by atoms with van der Waals surface area (Å²) in [7, 11) is 0. The number of carboxylic acid groups (broad SMARTS) is 1. The van der Waals surface area contributed by atoms with Crippen molar-refractivity contribution in [1.82, 2.24) is 0 Å². The minimum Gasteiger partial charge on any atom is -0.478 e. The van der Waals surface area contributed by atoms with Crippen molar-refractivity contribution in [3.63, 3.8) is 0 Å². The van der Waals surface area contributed by atoms with E-state index in [0.717, 1.165) is 5.56 Å². The van der Waals surface area contributed by atoms with E-state index in [0.29, 0.717) is 5.69 Å². The van der Waals surface area contributed by atoms with Crippen LogP contribution >= 0.6 is 0 Å². The molecule has 0 spiro atoms. The van der Waals surface area contributed by atoms with Gasteiger partial charge in [0.15, 0.2) is 0 Å². The highest BCUT2D eigenvalue weighted by Gasteiger charge is 2.04. The van der Waals surface area contributed by atoms with E-state index >= 15 is 0 Å². The summed E-state index contributed by atoms with van der Waals surface area (Å²) in [4.78, 5) is 14.7. The number of aryl methyl sites for hydroxylation is 1. The molecule has 0 aliphatic rings. The number of benzene rings is 1. The number of carboxylic acids is 1. The molecule has 0 radical (unpaired) electrons. The lowest BCUT2D eigenvalue weighted by atomic mass is 10.1. The summed E-state index contributed by atoms with van der Waals surface area (Å²) < 4.78 is 0. The lowest BCUT2D eigenvalue weighted by Gasteiger charge is -2.00. The van der Waals surface area contributed by atoms with Crippen LogP contribution in [0.4, 0.5) is 5.69 Å². The summed E-state index contributed by atoms with van der Waals surface area (Å²) in [6, 6.07) is 4.90. The van der Waals surface area contributed by atoms with Crippen LogP contribution < -0.4 is 0 Å². The Labute approximate surface area is 76.7 Å². The zero-order valence-corrected chi connectivity index (χ0v) is 7.61. The van der Waals surface area contributed by atoms with Gasteiger partial charge in [-0.3, -0.25) is 4.99 Å². The molecule has 68 valence electrons. The van der Waals surface area contributed by atoms with E-state index in [9.17, 15) is 4.79 Å². The van der Waals surface area contributed by atoms with Crippen LogP contribution in [0.2, 0.25) is 0 Å². The molecule has 0 aromatic heterocycles. The first kappa shape index (κ1) is 9.45. The van der Waals surface area contributed by atoms with E-state index in [1.165, 1.54) is 0 Å². The van der Waals surface area contributed by atoms with Crippen molar-refractivity contribution in [3.8, 4) is 0 Å². The van der Waals surface area contributed by atoms with Crippen LogP contribution in [-0.4, -0.2) is 17.3 Å².